The van der Waals surface area contributed by atoms with Gasteiger partial charge in [0.2, 0.25) is 0 Å². The van der Waals surface area contributed by atoms with Gasteiger partial charge >= 0.3 is 0 Å². The van der Waals surface area contributed by atoms with Crippen molar-refractivity contribution < 1.29 is 4.74 Å². The summed E-state index contributed by atoms with van der Waals surface area (Å²) in [7, 11) is 1.75. The fourth-order valence-electron chi connectivity index (χ4n) is 2.18. The van der Waals surface area contributed by atoms with Gasteiger partial charge in [0.1, 0.15) is 0 Å². The first-order valence-electron chi connectivity index (χ1n) is 5.80. The highest BCUT2D eigenvalue weighted by Crippen LogP contribution is 2.22. The minimum atomic E-state index is 0.510. The average molecular weight is 224 g/mol. The second-order valence-electron chi connectivity index (χ2n) is 4.32. The molecule has 1 saturated heterocycles. The lowest BCUT2D eigenvalue weighted by Gasteiger charge is -2.31. The van der Waals surface area contributed by atoms with Gasteiger partial charge in [-0.1, -0.05) is 0 Å². The summed E-state index contributed by atoms with van der Waals surface area (Å²) < 4.78 is 7.09. The van der Waals surface area contributed by atoms with E-state index >= 15 is 0 Å². The third-order valence-corrected chi connectivity index (χ3v) is 3.16. The van der Waals surface area contributed by atoms with E-state index in [1.54, 1.807) is 13.3 Å². The van der Waals surface area contributed by atoms with Gasteiger partial charge < -0.3 is 15.4 Å². The fourth-order valence-corrected chi connectivity index (χ4v) is 2.18. The lowest BCUT2D eigenvalue weighted by Crippen LogP contribution is -2.36. The zero-order valence-electron chi connectivity index (χ0n) is 9.80. The number of nitrogens with zero attached hydrogens (tertiary/aromatic N) is 3. The van der Waals surface area contributed by atoms with Crippen molar-refractivity contribution in [1.29, 1.82) is 0 Å². The Labute approximate surface area is 96.2 Å². The Balaban J connectivity index is 1.81. The van der Waals surface area contributed by atoms with Crippen molar-refractivity contribution in [2.45, 2.75) is 18.9 Å². The van der Waals surface area contributed by atoms with Gasteiger partial charge in [-0.2, -0.15) is 5.10 Å². The van der Waals surface area contributed by atoms with Crippen molar-refractivity contribution in [3.8, 4) is 0 Å². The van der Waals surface area contributed by atoms with Crippen molar-refractivity contribution in [3.63, 3.8) is 0 Å². The molecule has 0 saturated carbocycles. The highest BCUT2D eigenvalue weighted by molar-refractivity contribution is 5.30. The molecular weight excluding hydrogens is 204 g/mol. The Morgan fingerprint density at radius 2 is 2.25 bits per heavy atom. The molecule has 1 aromatic heterocycles. The number of methoxy groups -OCH3 is 1. The molecule has 5 nitrogen and oxygen atoms in total. The molecule has 5 heteroatoms. The maximum atomic E-state index is 5.67. The molecule has 1 aromatic rings. The van der Waals surface area contributed by atoms with Crippen LogP contribution in [0.3, 0.4) is 0 Å². The molecule has 90 valence electrons. The molecular formula is C11H20N4O. The molecule has 2 heterocycles. The maximum absolute atomic E-state index is 5.67. The average Bonchev–Trinajstić information content (AvgIpc) is 2.74. The molecule has 0 amide bonds. The largest absolute Gasteiger partial charge is 0.396 e. The first kappa shape index (κ1) is 11.4. The van der Waals surface area contributed by atoms with Gasteiger partial charge in [-0.05, 0) is 12.8 Å². The standard InChI is InChI=1S/C11H20N4O/c1-16-7-6-14-4-2-11(3-5-14)15-9-10(12)8-13-15/h8-9,11H,2-7,12H2,1H3. The minimum Gasteiger partial charge on any atom is -0.396 e. The Hall–Kier alpha value is -1.07. The number of rotatable bonds is 4. The number of ether oxygens (including phenoxy) is 1. The Morgan fingerprint density at radius 3 is 2.81 bits per heavy atom. The second kappa shape index (κ2) is 5.32. The minimum absolute atomic E-state index is 0.510. The molecule has 0 atom stereocenters. The van der Waals surface area contributed by atoms with Gasteiger partial charge in [-0.15, -0.1) is 0 Å². The molecule has 16 heavy (non-hydrogen) atoms. The molecule has 2 N–H and O–H groups in total. The lowest BCUT2D eigenvalue weighted by atomic mass is 10.1. The third kappa shape index (κ3) is 2.74. The van der Waals surface area contributed by atoms with Crippen molar-refractivity contribution in [1.82, 2.24) is 14.7 Å². The number of likely N-dealkylation sites (tertiary alicyclic amines) is 1. The van der Waals surface area contributed by atoms with Crippen LogP contribution >= 0.6 is 0 Å². The van der Waals surface area contributed by atoms with E-state index in [4.69, 9.17) is 10.5 Å². The molecule has 0 spiro atoms. The van der Waals surface area contributed by atoms with Crippen LogP contribution in [0.15, 0.2) is 12.4 Å². The van der Waals surface area contributed by atoms with Gasteiger partial charge in [-0.25, -0.2) is 0 Å². The zero-order valence-corrected chi connectivity index (χ0v) is 9.80. The van der Waals surface area contributed by atoms with E-state index in [1.165, 1.54) is 0 Å². The highest BCUT2D eigenvalue weighted by atomic mass is 16.5. The van der Waals surface area contributed by atoms with E-state index in [2.05, 4.69) is 10.00 Å². The summed E-state index contributed by atoms with van der Waals surface area (Å²) in [6.45, 7) is 4.09. The smallest absolute Gasteiger partial charge is 0.0719 e. The van der Waals surface area contributed by atoms with Crippen LogP contribution in [0.4, 0.5) is 5.69 Å². The molecule has 2 rings (SSSR count). The van der Waals surface area contributed by atoms with Crippen LogP contribution in [0.5, 0.6) is 0 Å². The molecule has 0 unspecified atom stereocenters. The number of aromatic nitrogens is 2. The van der Waals surface area contributed by atoms with Gasteiger partial charge in [0.15, 0.2) is 0 Å². The lowest BCUT2D eigenvalue weighted by molar-refractivity contribution is 0.119. The van der Waals surface area contributed by atoms with Crippen molar-refractivity contribution in [2.75, 3.05) is 39.1 Å². The number of hydrogen-bond acceptors (Lipinski definition) is 4. The first-order chi connectivity index (χ1) is 7.79. The van der Waals surface area contributed by atoms with E-state index in [9.17, 15) is 0 Å². The predicted molar refractivity (Wildman–Crippen MR) is 63.2 cm³/mol. The molecule has 0 radical (unpaired) electrons. The van der Waals surface area contributed by atoms with E-state index in [0.717, 1.165) is 44.8 Å². The molecule has 0 aromatic carbocycles. The summed E-state index contributed by atoms with van der Waals surface area (Å²) in [5.74, 6) is 0. The van der Waals surface area contributed by atoms with E-state index in [1.807, 2.05) is 10.9 Å². The topological polar surface area (TPSA) is 56.3 Å². The Bertz CT molecular complexity index is 318. The molecule has 1 fully saturated rings. The highest BCUT2D eigenvalue weighted by Gasteiger charge is 2.20. The SMILES string of the molecule is COCCN1CCC(n2cc(N)cn2)CC1. The number of nitrogens with two attached hydrogens (primary N) is 1. The van der Waals surface area contributed by atoms with E-state index in [-0.39, 0.29) is 0 Å². The Morgan fingerprint density at radius 1 is 1.50 bits per heavy atom. The molecule has 0 aliphatic carbocycles. The summed E-state index contributed by atoms with van der Waals surface area (Å²) in [6, 6.07) is 0.510. The van der Waals surface area contributed by atoms with Gasteiger partial charge in [-0.3, -0.25) is 4.68 Å². The van der Waals surface area contributed by atoms with Crippen LogP contribution < -0.4 is 5.73 Å². The quantitative estimate of drug-likeness (QED) is 0.820. The summed E-state index contributed by atoms with van der Waals surface area (Å²) in [6.07, 6.45) is 5.93. The van der Waals surface area contributed by atoms with Gasteiger partial charge in [0, 0.05) is 32.9 Å². The summed E-state index contributed by atoms with van der Waals surface area (Å²) in [4.78, 5) is 2.44. The van der Waals surface area contributed by atoms with E-state index < -0.39 is 0 Å². The van der Waals surface area contributed by atoms with Crippen molar-refractivity contribution in [3.05, 3.63) is 12.4 Å². The van der Waals surface area contributed by atoms with Crippen LogP contribution in [0.1, 0.15) is 18.9 Å². The molecule has 0 bridgehead atoms. The number of anilines is 1. The number of nitrogen functional groups attached to an aromatic ring is 1. The van der Waals surface area contributed by atoms with Crippen LogP contribution in [0, 0.1) is 0 Å². The number of hydrogen-bond donors (Lipinski definition) is 1. The summed E-state index contributed by atoms with van der Waals surface area (Å²) in [5, 5.41) is 4.28. The molecule has 1 aliphatic rings. The van der Waals surface area contributed by atoms with Crippen molar-refractivity contribution in [2.24, 2.45) is 0 Å². The predicted octanol–water partition coefficient (Wildman–Crippen LogP) is 0.749. The van der Waals surface area contributed by atoms with Gasteiger partial charge in [0.25, 0.3) is 0 Å². The van der Waals surface area contributed by atoms with E-state index in [0.29, 0.717) is 6.04 Å². The van der Waals surface area contributed by atoms with Crippen LogP contribution in [0.25, 0.3) is 0 Å². The fraction of sp³-hybridized carbons (Fsp3) is 0.727. The maximum Gasteiger partial charge on any atom is 0.0719 e. The van der Waals surface area contributed by atoms with Crippen LogP contribution in [-0.4, -0.2) is 48.0 Å². The van der Waals surface area contributed by atoms with Crippen LogP contribution in [0.2, 0.25) is 0 Å². The van der Waals surface area contributed by atoms with Crippen molar-refractivity contribution >= 4 is 5.69 Å². The second-order valence-corrected chi connectivity index (χ2v) is 4.32. The first-order valence-corrected chi connectivity index (χ1v) is 5.80. The third-order valence-electron chi connectivity index (χ3n) is 3.16. The number of piperidine rings is 1. The normalized spacial score (nSPS) is 19.1. The van der Waals surface area contributed by atoms with Gasteiger partial charge in [0.05, 0.1) is 24.5 Å². The monoisotopic (exact) mass is 224 g/mol. The Kier molecular flexibility index (Phi) is 3.79. The zero-order chi connectivity index (χ0) is 11.4. The summed E-state index contributed by atoms with van der Waals surface area (Å²) in [5.41, 5.74) is 6.42. The van der Waals surface area contributed by atoms with Crippen LogP contribution in [-0.2, 0) is 4.74 Å². The molecule has 1 aliphatic heterocycles. The summed E-state index contributed by atoms with van der Waals surface area (Å²) >= 11 is 0.